The van der Waals surface area contributed by atoms with Crippen molar-refractivity contribution in [2.24, 2.45) is 11.7 Å². The summed E-state index contributed by atoms with van der Waals surface area (Å²) in [6, 6.07) is 5.21. The largest absolute Gasteiger partial charge is 0.454 e. The number of amides is 4. The molecule has 9 nitrogen and oxygen atoms in total. The minimum atomic E-state index is -1.16. The van der Waals surface area contributed by atoms with Crippen LogP contribution in [-0.2, 0) is 27.2 Å². The van der Waals surface area contributed by atoms with Crippen LogP contribution in [0.3, 0.4) is 0 Å². The minimum Gasteiger partial charge on any atom is -0.454 e. The van der Waals surface area contributed by atoms with Gasteiger partial charge in [-0.2, -0.15) is 0 Å². The van der Waals surface area contributed by atoms with Gasteiger partial charge in [0.25, 0.3) is 23.6 Å². The first-order valence-electron chi connectivity index (χ1n) is 11.1. The summed E-state index contributed by atoms with van der Waals surface area (Å²) in [6.07, 6.45) is 2.67. The summed E-state index contributed by atoms with van der Waals surface area (Å²) in [5.74, 6) is -3.25. The number of esters is 1. The maximum atomic E-state index is 12.9. The van der Waals surface area contributed by atoms with E-state index in [1.165, 1.54) is 23.5 Å². The van der Waals surface area contributed by atoms with Crippen LogP contribution in [0.4, 0.5) is 5.00 Å². The van der Waals surface area contributed by atoms with Gasteiger partial charge in [-0.1, -0.05) is 26.0 Å². The summed E-state index contributed by atoms with van der Waals surface area (Å²) in [4.78, 5) is 65.0. The molecule has 1 unspecified atom stereocenters. The molecular formula is C24H25N3O6S. The molecule has 1 aliphatic carbocycles. The number of carbonyl (C=O) groups is 5. The first kappa shape index (κ1) is 23.6. The second-order valence-electron chi connectivity index (χ2n) is 8.75. The number of aryl methyl sites for hydroxylation is 1. The van der Waals surface area contributed by atoms with Gasteiger partial charge in [-0.05, 0) is 49.3 Å². The average molecular weight is 484 g/mol. The summed E-state index contributed by atoms with van der Waals surface area (Å²) in [7, 11) is 0. The van der Waals surface area contributed by atoms with E-state index in [1.807, 2.05) is 13.8 Å². The molecule has 1 aromatic heterocycles. The number of hydrogen-bond donors (Lipinski definition) is 2. The molecule has 0 bridgehead atoms. The van der Waals surface area contributed by atoms with Crippen LogP contribution < -0.4 is 11.1 Å². The lowest BCUT2D eigenvalue weighted by Gasteiger charge is -2.25. The second kappa shape index (κ2) is 9.38. The maximum Gasteiger partial charge on any atom is 0.329 e. The Morgan fingerprint density at radius 2 is 1.76 bits per heavy atom. The van der Waals surface area contributed by atoms with E-state index in [4.69, 9.17) is 10.5 Å². The highest BCUT2D eigenvalue weighted by Crippen LogP contribution is 2.38. The average Bonchev–Trinajstić information content (AvgIpc) is 3.43. The molecule has 0 spiro atoms. The molecule has 2 aromatic rings. The summed E-state index contributed by atoms with van der Waals surface area (Å²) in [5.41, 5.74) is 7.15. The lowest BCUT2D eigenvalue weighted by molar-refractivity contribution is -0.151. The lowest BCUT2D eigenvalue weighted by Crippen LogP contribution is -2.46. The van der Waals surface area contributed by atoms with Gasteiger partial charge in [-0.15, -0.1) is 11.3 Å². The number of carbonyl (C=O) groups excluding carboxylic acids is 5. The van der Waals surface area contributed by atoms with Crippen molar-refractivity contribution in [1.29, 1.82) is 0 Å². The van der Waals surface area contributed by atoms with E-state index >= 15 is 0 Å². The molecule has 34 heavy (non-hydrogen) atoms. The lowest BCUT2D eigenvalue weighted by atomic mass is 10.0. The molecular weight excluding hydrogens is 458 g/mol. The molecule has 1 aliphatic heterocycles. The fourth-order valence-electron chi connectivity index (χ4n) is 4.39. The van der Waals surface area contributed by atoms with Gasteiger partial charge in [0.2, 0.25) is 0 Å². The number of nitrogens with two attached hydrogens (primary N) is 1. The predicted octanol–water partition coefficient (Wildman–Crippen LogP) is 2.53. The van der Waals surface area contributed by atoms with Crippen molar-refractivity contribution in [3.05, 3.63) is 51.4 Å². The van der Waals surface area contributed by atoms with E-state index in [0.29, 0.717) is 10.6 Å². The van der Waals surface area contributed by atoms with Crippen LogP contribution >= 0.6 is 11.3 Å². The van der Waals surface area contributed by atoms with Crippen LogP contribution in [0.2, 0.25) is 0 Å². The van der Waals surface area contributed by atoms with Crippen LogP contribution in [0.1, 0.15) is 68.2 Å². The van der Waals surface area contributed by atoms with E-state index in [0.717, 1.165) is 34.6 Å². The number of benzene rings is 1. The molecule has 2 heterocycles. The highest BCUT2D eigenvalue weighted by atomic mass is 32.1. The van der Waals surface area contributed by atoms with Crippen LogP contribution in [-0.4, -0.2) is 47.1 Å². The van der Waals surface area contributed by atoms with Crippen molar-refractivity contribution in [2.45, 2.75) is 45.6 Å². The number of primary amides is 1. The number of nitrogens with one attached hydrogen (secondary N) is 1. The second-order valence-corrected chi connectivity index (χ2v) is 9.86. The number of imide groups is 1. The van der Waals surface area contributed by atoms with Gasteiger partial charge >= 0.3 is 5.97 Å². The van der Waals surface area contributed by atoms with Crippen LogP contribution in [0, 0.1) is 5.92 Å². The third-order valence-corrected chi connectivity index (χ3v) is 7.08. The van der Waals surface area contributed by atoms with Gasteiger partial charge in [0.05, 0.1) is 16.7 Å². The van der Waals surface area contributed by atoms with Crippen molar-refractivity contribution in [3.63, 3.8) is 0 Å². The number of ether oxygens (including phenoxy) is 1. The van der Waals surface area contributed by atoms with Crippen molar-refractivity contribution in [1.82, 2.24) is 4.90 Å². The van der Waals surface area contributed by atoms with E-state index in [1.54, 1.807) is 12.1 Å². The molecule has 2 aliphatic rings. The zero-order valence-electron chi connectivity index (χ0n) is 18.9. The third-order valence-electron chi connectivity index (χ3n) is 5.87. The van der Waals surface area contributed by atoms with E-state index in [2.05, 4.69) is 5.32 Å². The predicted molar refractivity (Wildman–Crippen MR) is 125 cm³/mol. The standard InChI is InChI=1S/C24H25N3O6S/c1-12(2)10-16(27-22(30)13-6-3-4-7-14(13)23(27)31)24(32)33-11-18(28)26-21-19(20(25)29)15-8-5-9-17(15)34-21/h3-4,6-7,12,16H,5,8-11H2,1-2H3,(H2,25,29)(H,26,28). The fraction of sp³-hybridized carbons (Fsp3) is 0.375. The molecule has 0 saturated heterocycles. The first-order valence-corrected chi connectivity index (χ1v) is 11.9. The Bertz CT molecular complexity index is 1170. The van der Waals surface area contributed by atoms with Gasteiger partial charge in [0.1, 0.15) is 11.0 Å². The number of anilines is 1. The fourth-order valence-corrected chi connectivity index (χ4v) is 5.70. The van der Waals surface area contributed by atoms with Gasteiger partial charge in [-0.25, -0.2) is 4.79 Å². The van der Waals surface area contributed by atoms with Crippen molar-refractivity contribution in [3.8, 4) is 0 Å². The van der Waals surface area contributed by atoms with Gasteiger partial charge < -0.3 is 15.8 Å². The minimum absolute atomic E-state index is 0.0256. The van der Waals surface area contributed by atoms with E-state index in [-0.39, 0.29) is 23.5 Å². The molecule has 0 radical (unpaired) electrons. The molecule has 1 atom stereocenters. The smallest absolute Gasteiger partial charge is 0.329 e. The van der Waals surface area contributed by atoms with Gasteiger partial charge in [-0.3, -0.25) is 24.1 Å². The highest BCUT2D eigenvalue weighted by molar-refractivity contribution is 7.17. The Labute approximate surface area is 200 Å². The summed E-state index contributed by atoms with van der Waals surface area (Å²) < 4.78 is 5.22. The normalized spacial score (nSPS) is 15.3. The van der Waals surface area contributed by atoms with Gasteiger partial charge in [0, 0.05) is 4.88 Å². The molecule has 10 heteroatoms. The maximum absolute atomic E-state index is 12.9. The highest BCUT2D eigenvalue weighted by Gasteiger charge is 2.43. The Morgan fingerprint density at radius 3 is 2.35 bits per heavy atom. The number of rotatable bonds is 8. The van der Waals surface area contributed by atoms with Crippen LogP contribution in [0.5, 0.6) is 0 Å². The molecule has 3 N–H and O–H groups in total. The quantitative estimate of drug-likeness (QED) is 0.437. The molecule has 0 fully saturated rings. The summed E-state index contributed by atoms with van der Waals surface area (Å²) >= 11 is 1.30. The van der Waals surface area contributed by atoms with Crippen LogP contribution in [0.15, 0.2) is 24.3 Å². The summed E-state index contributed by atoms with van der Waals surface area (Å²) in [6.45, 7) is 3.08. The Morgan fingerprint density at radius 1 is 1.12 bits per heavy atom. The zero-order chi connectivity index (χ0) is 24.6. The van der Waals surface area contributed by atoms with Crippen molar-refractivity contribution in [2.75, 3.05) is 11.9 Å². The van der Waals surface area contributed by atoms with E-state index < -0.39 is 42.2 Å². The van der Waals surface area contributed by atoms with Crippen molar-refractivity contribution >= 4 is 45.9 Å². The van der Waals surface area contributed by atoms with Gasteiger partial charge in [0.15, 0.2) is 6.61 Å². The Kier molecular flexibility index (Phi) is 6.52. The number of thiophene rings is 1. The first-order chi connectivity index (χ1) is 16.2. The van der Waals surface area contributed by atoms with Crippen molar-refractivity contribution < 1.29 is 28.7 Å². The monoisotopic (exact) mass is 483 g/mol. The Balaban J connectivity index is 1.45. The zero-order valence-corrected chi connectivity index (χ0v) is 19.7. The van der Waals surface area contributed by atoms with E-state index in [9.17, 15) is 24.0 Å². The SMILES string of the molecule is CC(C)CC(C(=O)OCC(=O)Nc1sc2c(c1C(N)=O)CCC2)N1C(=O)c2ccccc2C1=O. The summed E-state index contributed by atoms with van der Waals surface area (Å²) in [5, 5.41) is 2.96. The molecule has 4 amide bonds. The number of hydrogen-bond acceptors (Lipinski definition) is 7. The molecule has 178 valence electrons. The topological polar surface area (TPSA) is 136 Å². The molecule has 4 rings (SSSR count). The molecule has 1 aromatic carbocycles. The Hall–Kier alpha value is -3.53. The third kappa shape index (κ3) is 4.33. The molecule has 0 saturated carbocycles. The number of nitrogens with zero attached hydrogens (tertiary/aromatic N) is 1. The number of fused-ring (bicyclic) bond motifs is 2. The van der Waals surface area contributed by atoms with Crippen LogP contribution in [0.25, 0.3) is 0 Å².